The molecule has 1 N–H and O–H groups in total. The Morgan fingerprint density at radius 1 is 1.44 bits per heavy atom. The molecule has 1 fully saturated rings. The zero-order chi connectivity index (χ0) is 12.7. The first-order valence-electron chi connectivity index (χ1n) is 6.25. The van der Waals surface area contributed by atoms with E-state index in [2.05, 4.69) is 38.4 Å². The largest absolute Gasteiger partial charge is 0.310 e. The summed E-state index contributed by atoms with van der Waals surface area (Å²) < 4.78 is 0.931. The van der Waals surface area contributed by atoms with Crippen molar-refractivity contribution < 1.29 is 4.79 Å². The maximum absolute atomic E-state index is 12.2. The molecule has 0 spiro atoms. The Bertz CT molecular complexity index is 527. The molecule has 18 heavy (non-hydrogen) atoms. The number of halogens is 1. The summed E-state index contributed by atoms with van der Waals surface area (Å²) in [5, 5.41) is 2.96. The molecule has 0 saturated heterocycles. The van der Waals surface area contributed by atoms with E-state index >= 15 is 0 Å². The van der Waals surface area contributed by atoms with Gasteiger partial charge in [-0.15, -0.1) is 0 Å². The van der Waals surface area contributed by atoms with E-state index in [9.17, 15) is 4.79 Å². The van der Waals surface area contributed by atoms with Crippen LogP contribution >= 0.6 is 15.9 Å². The number of anilines is 1. The van der Waals surface area contributed by atoms with Gasteiger partial charge >= 0.3 is 0 Å². The SMILES string of the molecule is Cc1cc(Br)cnc1NC(=O)C1CC2C=CC1C2. The minimum atomic E-state index is 0.116. The molecule has 2 aliphatic rings. The second kappa shape index (κ2) is 4.50. The van der Waals surface area contributed by atoms with Gasteiger partial charge in [-0.3, -0.25) is 4.79 Å². The fourth-order valence-electron chi connectivity index (χ4n) is 2.96. The minimum absolute atomic E-state index is 0.116. The molecule has 2 aliphatic carbocycles. The molecular formula is C14H15BrN2O. The molecule has 3 nitrogen and oxygen atoms in total. The number of aromatic nitrogens is 1. The van der Waals surface area contributed by atoms with Gasteiger partial charge in [-0.2, -0.15) is 0 Å². The Balaban J connectivity index is 1.73. The van der Waals surface area contributed by atoms with Crippen molar-refractivity contribution in [1.82, 2.24) is 4.98 Å². The summed E-state index contributed by atoms with van der Waals surface area (Å²) in [6.07, 6.45) is 8.29. The van der Waals surface area contributed by atoms with E-state index in [1.54, 1.807) is 6.20 Å². The van der Waals surface area contributed by atoms with Crippen LogP contribution in [0.5, 0.6) is 0 Å². The number of carbonyl (C=O) groups is 1. The number of carbonyl (C=O) groups excluding carboxylic acids is 1. The van der Waals surface area contributed by atoms with Gasteiger partial charge in [0.25, 0.3) is 0 Å². The molecule has 1 heterocycles. The van der Waals surface area contributed by atoms with E-state index in [0.29, 0.717) is 17.7 Å². The topological polar surface area (TPSA) is 42.0 Å². The second-order valence-corrected chi connectivity index (χ2v) is 6.11. The van der Waals surface area contributed by atoms with Crippen molar-refractivity contribution in [3.05, 3.63) is 34.5 Å². The fraction of sp³-hybridized carbons (Fsp3) is 0.429. The molecule has 2 bridgehead atoms. The fourth-order valence-corrected chi connectivity index (χ4v) is 3.41. The highest BCUT2D eigenvalue weighted by Crippen LogP contribution is 2.43. The number of amides is 1. The molecule has 0 aromatic carbocycles. The molecule has 1 aromatic heterocycles. The van der Waals surface area contributed by atoms with Crippen molar-refractivity contribution in [3.8, 4) is 0 Å². The smallest absolute Gasteiger partial charge is 0.229 e. The Morgan fingerprint density at radius 2 is 2.28 bits per heavy atom. The molecule has 0 radical (unpaired) electrons. The van der Waals surface area contributed by atoms with Crippen LogP contribution in [0.15, 0.2) is 28.9 Å². The van der Waals surface area contributed by atoms with Gasteiger partial charge in [0, 0.05) is 16.6 Å². The standard InChI is InChI=1S/C14H15BrN2O/c1-8-4-11(15)7-16-13(8)17-14(18)12-6-9-2-3-10(12)5-9/h2-4,7,9-10,12H,5-6H2,1H3,(H,16,17,18). The van der Waals surface area contributed by atoms with Crippen LogP contribution in [0, 0.1) is 24.7 Å². The van der Waals surface area contributed by atoms with Gasteiger partial charge in [0.1, 0.15) is 5.82 Å². The second-order valence-electron chi connectivity index (χ2n) is 5.20. The first kappa shape index (κ1) is 11.9. The highest BCUT2D eigenvalue weighted by molar-refractivity contribution is 9.10. The summed E-state index contributed by atoms with van der Waals surface area (Å²) in [5.41, 5.74) is 0.983. The van der Waals surface area contributed by atoms with Crippen LogP contribution in [0.2, 0.25) is 0 Å². The van der Waals surface area contributed by atoms with E-state index < -0.39 is 0 Å². The quantitative estimate of drug-likeness (QED) is 0.852. The lowest BCUT2D eigenvalue weighted by Gasteiger charge is -2.17. The molecule has 3 atom stereocenters. The third-order valence-corrected chi connectivity index (χ3v) is 4.34. The zero-order valence-corrected chi connectivity index (χ0v) is 11.8. The van der Waals surface area contributed by atoms with Crippen molar-refractivity contribution >= 4 is 27.7 Å². The molecule has 3 unspecified atom stereocenters. The number of pyridine rings is 1. The van der Waals surface area contributed by atoms with E-state index in [0.717, 1.165) is 22.9 Å². The maximum atomic E-state index is 12.2. The predicted molar refractivity (Wildman–Crippen MR) is 74.1 cm³/mol. The molecule has 1 saturated carbocycles. The summed E-state index contributed by atoms with van der Waals surface area (Å²) in [5.74, 6) is 1.97. The predicted octanol–water partition coefficient (Wildman–Crippen LogP) is 3.30. The number of nitrogens with zero attached hydrogens (tertiary/aromatic N) is 1. The van der Waals surface area contributed by atoms with E-state index in [1.807, 2.05) is 13.0 Å². The lowest BCUT2D eigenvalue weighted by molar-refractivity contribution is -0.120. The highest BCUT2D eigenvalue weighted by atomic mass is 79.9. The van der Waals surface area contributed by atoms with Crippen molar-refractivity contribution in [3.63, 3.8) is 0 Å². The summed E-state index contributed by atoms with van der Waals surface area (Å²) in [6.45, 7) is 1.95. The average Bonchev–Trinajstić information content (AvgIpc) is 2.94. The summed E-state index contributed by atoms with van der Waals surface area (Å²) >= 11 is 3.37. The summed E-state index contributed by atoms with van der Waals surface area (Å²) in [6, 6.07) is 1.96. The third kappa shape index (κ3) is 2.09. The summed E-state index contributed by atoms with van der Waals surface area (Å²) in [4.78, 5) is 16.5. The molecule has 1 amide bonds. The Labute approximate surface area is 115 Å². The number of hydrogen-bond donors (Lipinski definition) is 1. The van der Waals surface area contributed by atoms with Gasteiger partial charge in [0.05, 0.1) is 0 Å². The number of rotatable bonds is 2. The number of allylic oxidation sites excluding steroid dienone is 2. The maximum Gasteiger partial charge on any atom is 0.229 e. The van der Waals surface area contributed by atoms with E-state index in [-0.39, 0.29) is 11.8 Å². The van der Waals surface area contributed by atoms with Gasteiger partial charge in [-0.05, 0) is 59.2 Å². The highest BCUT2D eigenvalue weighted by Gasteiger charge is 2.39. The normalized spacial score (nSPS) is 28.7. The van der Waals surface area contributed by atoms with Crippen LogP contribution in [0.3, 0.4) is 0 Å². The minimum Gasteiger partial charge on any atom is -0.310 e. The molecule has 94 valence electrons. The summed E-state index contributed by atoms with van der Waals surface area (Å²) in [7, 11) is 0. The van der Waals surface area contributed by atoms with E-state index in [1.165, 1.54) is 0 Å². The lowest BCUT2D eigenvalue weighted by Crippen LogP contribution is -2.26. The Kier molecular flexibility index (Phi) is 2.98. The van der Waals surface area contributed by atoms with Gasteiger partial charge in [-0.1, -0.05) is 12.2 Å². The zero-order valence-electron chi connectivity index (χ0n) is 10.2. The molecule has 1 aromatic rings. The number of aryl methyl sites for hydroxylation is 1. The Hall–Kier alpha value is -1.16. The molecule has 3 rings (SSSR count). The molecular weight excluding hydrogens is 292 g/mol. The van der Waals surface area contributed by atoms with Crippen LogP contribution in [0.1, 0.15) is 18.4 Å². The van der Waals surface area contributed by atoms with Crippen LogP contribution in [0.25, 0.3) is 0 Å². The first-order chi connectivity index (χ1) is 8.63. The van der Waals surface area contributed by atoms with Gasteiger partial charge < -0.3 is 5.32 Å². The van der Waals surface area contributed by atoms with Crippen molar-refractivity contribution in [2.75, 3.05) is 5.32 Å². The first-order valence-corrected chi connectivity index (χ1v) is 7.04. The Morgan fingerprint density at radius 3 is 2.89 bits per heavy atom. The van der Waals surface area contributed by atoms with Crippen LogP contribution in [-0.2, 0) is 4.79 Å². The molecule has 0 aliphatic heterocycles. The third-order valence-electron chi connectivity index (χ3n) is 3.90. The van der Waals surface area contributed by atoms with Crippen LogP contribution in [-0.4, -0.2) is 10.9 Å². The van der Waals surface area contributed by atoms with Crippen molar-refractivity contribution in [1.29, 1.82) is 0 Å². The van der Waals surface area contributed by atoms with Gasteiger partial charge in [0.15, 0.2) is 0 Å². The van der Waals surface area contributed by atoms with Crippen LogP contribution < -0.4 is 5.32 Å². The number of hydrogen-bond acceptors (Lipinski definition) is 2. The van der Waals surface area contributed by atoms with Gasteiger partial charge in [0.2, 0.25) is 5.91 Å². The van der Waals surface area contributed by atoms with Crippen molar-refractivity contribution in [2.45, 2.75) is 19.8 Å². The molecule has 4 heteroatoms. The van der Waals surface area contributed by atoms with Crippen LogP contribution in [0.4, 0.5) is 5.82 Å². The average molecular weight is 307 g/mol. The van der Waals surface area contributed by atoms with E-state index in [4.69, 9.17) is 0 Å². The van der Waals surface area contributed by atoms with Gasteiger partial charge in [-0.25, -0.2) is 4.98 Å². The lowest BCUT2D eigenvalue weighted by atomic mass is 9.93. The monoisotopic (exact) mass is 306 g/mol. The van der Waals surface area contributed by atoms with Crippen molar-refractivity contribution in [2.24, 2.45) is 17.8 Å². The number of nitrogens with one attached hydrogen (secondary N) is 1. The number of fused-ring (bicyclic) bond motifs is 2.